The number of hydrogen-bond donors (Lipinski definition) is 2. The van der Waals surface area contributed by atoms with E-state index in [2.05, 4.69) is 10.5 Å². The van der Waals surface area contributed by atoms with E-state index in [0.29, 0.717) is 34.3 Å². The number of nitrogens with zero attached hydrogens (tertiary/aromatic N) is 1. The molecule has 3 N–H and O–H groups in total. The molecule has 0 aliphatic rings. The number of rotatable bonds is 8. The highest BCUT2D eigenvalue weighted by Gasteiger charge is 2.08. The van der Waals surface area contributed by atoms with Crippen molar-refractivity contribution in [3.05, 3.63) is 58.6 Å². The quantitative estimate of drug-likeness (QED) is 0.546. The van der Waals surface area contributed by atoms with Crippen molar-refractivity contribution in [1.82, 2.24) is 5.43 Å². The highest BCUT2D eigenvalue weighted by molar-refractivity contribution is 6.30. The summed E-state index contributed by atoms with van der Waals surface area (Å²) in [6, 6.07) is 11.5. The van der Waals surface area contributed by atoms with Crippen molar-refractivity contribution < 1.29 is 19.1 Å². The third-order valence-corrected chi connectivity index (χ3v) is 3.38. The summed E-state index contributed by atoms with van der Waals surface area (Å²) in [4.78, 5) is 22.8. The van der Waals surface area contributed by atoms with E-state index in [4.69, 9.17) is 26.8 Å². The molecule has 0 saturated carbocycles. The zero-order chi connectivity index (χ0) is 18.9. The van der Waals surface area contributed by atoms with Gasteiger partial charge in [-0.1, -0.05) is 11.6 Å². The number of nitrogens with two attached hydrogens (primary N) is 1. The Balaban J connectivity index is 2.04. The fraction of sp³-hybridized carbons (Fsp3) is 0.167. The fourth-order valence-corrected chi connectivity index (χ4v) is 2.10. The summed E-state index contributed by atoms with van der Waals surface area (Å²) < 4.78 is 10.8. The van der Waals surface area contributed by atoms with Crippen molar-refractivity contribution in [3.63, 3.8) is 0 Å². The van der Waals surface area contributed by atoms with Crippen LogP contribution >= 0.6 is 11.6 Å². The number of benzene rings is 2. The average molecular weight is 376 g/mol. The Labute approximate surface area is 155 Å². The van der Waals surface area contributed by atoms with Gasteiger partial charge < -0.3 is 15.2 Å². The minimum atomic E-state index is -0.581. The molecule has 0 aliphatic heterocycles. The molecule has 0 unspecified atom stereocenters. The molecule has 0 bridgehead atoms. The molecule has 136 valence electrons. The number of carbonyl (C=O) groups is 2. The summed E-state index contributed by atoms with van der Waals surface area (Å²) in [7, 11) is 0. The summed E-state index contributed by atoms with van der Waals surface area (Å²) in [5.41, 5.74) is 8.62. The second kappa shape index (κ2) is 9.43. The normalized spacial score (nSPS) is 10.5. The first-order chi connectivity index (χ1) is 12.5. The molecule has 0 radical (unpaired) electrons. The number of primary amides is 1. The van der Waals surface area contributed by atoms with Crippen LogP contribution < -0.4 is 20.6 Å². The fourth-order valence-electron chi connectivity index (χ4n) is 1.97. The third-order valence-electron chi connectivity index (χ3n) is 3.12. The van der Waals surface area contributed by atoms with Gasteiger partial charge in [0.15, 0.2) is 18.1 Å². The maximum Gasteiger partial charge on any atom is 0.271 e. The van der Waals surface area contributed by atoms with E-state index in [1.54, 1.807) is 42.5 Å². The standard InChI is InChI=1S/C18H18ClN3O4/c1-2-25-16-9-12(3-8-15(16)26-11-17(20)23)10-21-22-18(24)13-4-6-14(19)7-5-13/h3-10H,2,11H2,1H3,(H2,20,23)(H,22,24)/b21-10+. The van der Waals surface area contributed by atoms with E-state index >= 15 is 0 Å². The van der Waals surface area contributed by atoms with Crippen molar-refractivity contribution in [2.45, 2.75) is 6.92 Å². The van der Waals surface area contributed by atoms with Gasteiger partial charge in [-0.2, -0.15) is 5.10 Å². The molecule has 7 nitrogen and oxygen atoms in total. The van der Waals surface area contributed by atoms with Crippen LogP contribution in [0.5, 0.6) is 11.5 Å². The Hall–Kier alpha value is -3.06. The molecule has 2 aromatic rings. The Kier molecular flexibility index (Phi) is 6.99. The van der Waals surface area contributed by atoms with Gasteiger partial charge in [-0.15, -0.1) is 0 Å². The van der Waals surface area contributed by atoms with Crippen LogP contribution in [-0.2, 0) is 4.79 Å². The number of hydrazone groups is 1. The summed E-state index contributed by atoms with van der Waals surface area (Å²) in [6.07, 6.45) is 1.47. The third kappa shape index (κ3) is 5.78. The van der Waals surface area contributed by atoms with E-state index < -0.39 is 5.91 Å². The predicted octanol–water partition coefficient (Wildman–Crippen LogP) is 2.37. The molecule has 0 fully saturated rings. The highest BCUT2D eigenvalue weighted by Crippen LogP contribution is 2.28. The van der Waals surface area contributed by atoms with Crippen molar-refractivity contribution in [2.75, 3.05) is 13.2 Å². The van der Waals surface area contributed by atoms with Crippen LogP contribution in [0.2, 0.25) is 5.02 Å². The molecular formula is C18H18ClN3O4. The van der Waals surface area contributed by atoms with E-state index in [0.717, 1.165) is 0 Å². The zero-order valence-electron chi connectivity index (χ0n) is 14.1. The number of amides is 2. The monoisotopic (exact) mass is 375 g/mol. The van der Waals surface area contributed by atoms with Crippen LogP contribution in [0.15, 0.2) is 47.6 Å². The van der Waals surface area contributed by atoms with E-state index in [1.807, 2.05) is 6.92 Å². The lowest BCUT2D eigenvalue weighted by Crippen LogP contribution is -2.20. The number of ether oxygens (including phenoxy) is 2. The first kappa shape index (κ1) is 19.3. The molecule has 0 heterocycles. The average Bonchev–Trinajstić information content (AvgIpc) is 2.61. The molecule has 2 amide bonds. The Bertz CT molecular complexity index is 807. The second-order valence-electron chi connectivity index (χ2n) is 5.10. The van der Waals surface area contributed by atoms with Gasteiger partial charge in [0.1, 0.15) is 0 Å². The minimum Gasteiger partial charge on any atom is -0.490 e. The maximum atomic E-state index is 12.0. The molecule has 8 heteroatoms. The van der Waals surface area contributed by atoms with Crippen molar-refractivity contribution >= 4 is 29.6 Å². The molecule has 0 aliphatic carbocycles. The maximum absolute atomic E-state index is 12.0. The minimum absolute atomic E-state index is 0.245. The van der Waals surface area contributed by atoms with Crippen LogP contribution in [0.25, 0.3) is 0 Å². The van der Waals surface area contributed by atoms with Crippen molar-refractivity contribution in [3.8, 4) is 11.5 Å². The van der Waals surface area contributed by atoms with Gasteiger partial charge in [0.2, 0.25) is 0 Å². The Morgan fingerprint density at radius 2 is 1.88 bits per heavy atom. The second-order valence-corrected chi connectivity index (χ2v) is 5.54. The SMILES string of the molecule is CCOc1cc(/C=N/NC(=O)c2ccc(Cl)cc2)ccc1OCC(N)=O. The number of hydrogen-bond acceptors (Lipinski definition) is 5. The first-order valence-corrected chi connectivity index (χ1v) is 8.14. The van der Waals surface area contributed by atoms with Gasteiger partial charge in [-0.25, -0.2) is 5.43 Å². The molecule has 26 heavy (non-hydrogen) atoms. The zero-order valence-corrected chi connectivity index (χ0v) is 14.8. The summed E-state index contributed by atoms with van der Waals surface area (Å²) in [5, 5.41) is 4.47. The van der Waals surface area contributed by atoms with Gasteiger partial charge in [0.25, 0.3) is 11.8 Å². The van der Waals surface area contributed by atoms with Crippen molar-refractivity contribution in [2.24, 2.45) is 10.8 Å². The van der Waals surface area contributed by atoms with E-state index in [-0.39, 0.29) is 12.5 Å². The van der Waals surface area contributed by atoms with Gasteiger partial charge in [-0.3, -0.25) is 9.59 Å². The molecular weight excluding hydrogens is 358 g/mol. The first-order valence-electron chi connectivity index (χ1n) is 7.76. The van der Waals surface area contributed by atoms with Crippen LogP contribution in [0.3, 0.4) is 0 Å². The van der Waals surface area contributed by atoms with Crippen LogP contribution in [-0.4, -0.2) is 31.2 Å². The van der Waals surface area contributed by atoms with Crippen LogP contribution in [0.4, 0.5) is 0 Å². The van der Waals surface area contributed by atoms with Crippen molar-refractivity contribution in [1.29, 1.82) is 0 Å². The lowest BCUT2D eigenvalue weighted by molar-refractivity contribution is -0.119. The van der Waals surface area contributed by atoms with Gasteiger partial charge in [0, 0.05) is 10.6 Å². The molecule has 2 rings (SSSR count). The van der Waals surface area contributed by atoms with Crippen LogP contribution in [0, 0.1) is 0 Å². The number of halogens is 1. The Morgan fingerprint density at radius 3 is 2.54 bits per heavy atom. The summed E-state index contributed by atoms with van der Waals surface area (Å²) in [6.45, 7) is 2.00. The lowest BCUT2D eigenvalue weighted by Gasteiger charge is -2.11. The van der Waals surface area contributed by atoms with E-state index in [1.165, 1.54) is 6.21 Å². The summed E-state index contributed by atoms with van der Waals surface area (Å²) >= 11 is 5.78. The molecule has 0 spiro atoms. The molecule has 2 aromatic carbocycles. The summed E-state index contributed by atoms with van der Waals surface area (Å²) in [5.74, 6) is -0.0953. The largest absolute Gasteiger partial charge is 0.490 e. The highest BCUT2D eigenvalue weighted by atomic mass is 35.5. The molecule has 0 saturated heterocycles. The van der Waals surface area contributed by atoms with Gasteiger partial charge >= 0.3 is 0 Å². The Morgan fingerprint density at radius 1 is 1.15 bits per heavy atom. The van der Waals surface area contributed by atoms with Gasteiger partial charge in [0.05, 0.1) is 12.8 Å². The van der Waals surface area contributed by atoms with Crippen LogP contribution in [0.1, 0.15) is 22.8 Å². The predicted molar refractivity (Wildman–Crippen MR) is 98.8 cm³/mol. The molecule has 0 atom stereocenters. The number of carbonyl (C=O) groups excluding carboxylic acids is 2. The molecule has 0 aromatic heterocycles. The van der Waals surface area contributed by atoms with Gasteiger partial charge in [-0.05, 0) is 55.0 Å². The smallest absolute Gasteiger partial charge is 0.271 e. The lowest BCUT2D eigenvalue weighted by atomic mass is 10.2. The van der Waals surface area contributed by atoms with E-state index in [9.17, 15) is 9.59 Å². The topological polar surface area (TPSA) is 103 Å². The number of nitrogens with one attached hydrogen (secondary N) is 1.